The number of nitrogens with zero attached hydrogens (tertiary/aromatic N) is 3. The molecule has 0 radical (unpaired) electrons. The maximum absolute atomic E-state index is 12.6. The van der Waals surface area contributed by atoms with Crippen molar-refractivity contribution in [2.45, 2.75) is 12.8 Å². The summed E-state index contributed by atoms with van der Waals surface area (Å²) in [7, 11) is 0. The minimum absolute atomic E-state index is 0.0775. The Hall–Kier alpha value is -1.31. The van der Waals surface area contributed by atoms with Gasteiger partial charge in [0.15, 0.2) is 0 Å². The largest absolute Gasteiger partial charge is 0.395 e. The molecule has 6 nitrogen and oxygen atoms in total. The summed E-state index contributed by atoms with van der Waals surface area (Å²) < 4.78 is 1.17. The average molecular weight is 432 g/mol. The second-order valence-electron chi connectivity index (χ2n) is 6.57. The molecule has 0 amide bonds. The van der Waals surface area contributed by atoms with Gasteiger partial charge < -0.3 is 15.3 Å². The number of nitrogens with one attached hydrogen (secondary N) is 1. The van der Waals surface area contributed by atoms with Crippen LogP contribution in [0.25, 0.3) is 5.69 Å². The molecule has 146 valence electrons. The monoisotopic (exact) mass is 430 g/mol. The zero-order valence-electron chi connectivity index (χ0n) is 14.7. The number of hydrogen-bond donors (Lipinski definition) is 2. The van der Waals surface area contributed by atoms with Crippen LogP contribution in [0.2, 0.25) is 15.1 Å². The summed E-state index contributed by atoms with van der Waals surface area (Å²) in [6, 6.07) is 4.82. The third-order valence-electron chi connectivity index (χ3n) is 4.76. The highest BCUT2D eigenvalue weighted by Gasteiger charge is 2.19. The molecule has 0 spiro atoms. The predicted molar refractivity (Wildman–Crippen MR) is 110 cm³/mol. The van der Waals surface area contributed by atoms with E-state index in [2.05, 4.69) is 15.3 Å². The molecule has 0 unspecified atom stereocenters. The Labute approximate surface area is 172 Å². The molecule has 1 aliphatic heterocycles. The molecular formula is C18H21Cl3N4O2. The van der Waals surface area contributed by atoms with Crippen LogP contribution in [-0.2, 0) is 0 Å². The van der Waals surface area contributed by atoms with E-state index in [9.17, 15) is 4.79 Å². The van der Waals surface area contributed by atoms with E-state index in [-0.39, 0.29) is 11.6 Å². The number of rotatable bonds is 6. The third kappa shape index (κ3) is 4.95. The van der Waals surface area contributed by atoms with Gasteiger partial charge in [-0.3, -0.25) is 4.79 Å². The van der Waals surface area contributed by atoms with Crippen LogP contribution in [0.3, 0.4) is 0 Å². The fourth-order valence-electron chi connectivity index (χ4n) is 3.19. The molecule has 1 fully saturated rings. The number of aliphatic hydroxyl groups is 1. The Bertz CT molecular complexity index is 851. The van der Waals surface area contributed by atoms with Gasteiger partial charge in [-0.25, -0.2) is 0 Å². The molecule has 1 aromatic heterocycles. The standard InChI is InChI=1S/C18H21Cl3N4O2/c19-13-1-2-16(14(20)9-13)25-18(27)17(21)15(11-23-25)22-10-12-3-5-24(6-4-12)7-8-26/h1-2,9,11-12,22,26H,3-8,10H2. The fraction of sp³-hybridized carbons (Fsp3) is 0.444. The molecule has 0 saturated carbocycles. The summed E-state index contributed by atoms with van der Waals surface area (Å²) in [5, 5.41) is 17.3. The first-order chi connectivity index (χ1) is 13.0. The summed E-state index contributed by atoms with van der Waals surface area (Å²) in [6.07, 6.45) is 3.61. The Morgan fingerprint density at radius 3 is 2.63 bits per heavy atom. The number of β-amino-alcohol motifs (C(OH)–C–C–N with tert-alkyl or cyclic N) is 1. The number of halogens is 3. The highest BCUT2D eigenvalue weighted by Crippen LogP contribution is 2.25. The lowest BCUT2D eigenvalue weighted by Gasteiger charge is -2.31. The number of likely N-dealkylation sites (tertiary alicyclic amines) is 1. The molecule has 2 N–H and O–H groups in total. The summed E-state index contributed by atoms with van der Waals surface area (Å²) in [4.78, 5) is 14.9. The van der Waals surface area contributed by atoms with E-state index in [1.165, 1.54) is 10.9 Å². The van der Waals surface area contributed by atoms with Crippen molar-refractivity contribution < 1.29 is 5.11 Å². The lowest BCUT2D eigenvalue weighted by molar-refractivity contribution is 0.151. The minimum atomic E-state index is -0.441. The molecule has 2 aromatic rings. The first-order valence-electron chi connectivity index (χ1n) is 8.80. The highest BCUT2D eigenvalue weighted by molar-refractivity contribution is 6.36. The van der Waals surface area contributed by atoms with Crippen molar-refractivity contribution >= 4 is 40.5 Å². The van der Waals surface area contributed by atoms with Crippen molar-refractivity contribution in [1.82, 2.24) is 14.7 Å². The van der Waals surface area contributed by atoms with E-state index in [4.69, 9.17) is 39.9 Å². The van der Waals surface area contributed by atoms with Crippen molar-refractivity contribution in [3.63, 3.8) is 0 Å². The van der Waals surface area contributed by atoms with Gasteiger partial charge in [0, 0.05) is 18.1 Å². The van der Waals surface area contributed by atoms with Crippen LogP contribution in [-0.4, -0.2) is 52.6 Å². The van der Waals surface area contributed by atoms with E-state index in [1.807, 2.05) is 0 Å². The fourth-order valence-corrected chi connectivity index (χ4v) is 3.87. The number of piperidine rings is 1. The zero-order chi connectivity index (χ0) is 19.4. The van der Waals surface area contributed by atoms with Crippen LogP contribution < -0.4 is 10.9 Å². The number of anilines is 1. The molecular weight excluding hydrogens is 411 g/mol. The Kier molecular flexibility index (Phi) is 7.00. The van der Waals surface area contributed by atoms with Crippen molar-refractivity contribution in [3.8, 4) is 5.69 Å². The smallest absolute Gasteiger partial charge is 0.292 e. The molecule has 0 atom stereocenters. The first kappa shape index (κ1) is 20.4. The molecule has 1 saturated heterocycles. The Balaban J connectivity index is 1.68. The van der Waals surface area contributed by atoms with Gasteiger partial charge >= 0.3 is 0 Å². The van der Waals surface area contributed by atoms with Crippen molar-refractivity contribution in [3.05, 3.63) is 49.8 Å². The zero-order valence-corrected chi connectivity index (χ0v) is 16.9. The van der Waals surface area contributed by atoms with Crippen LogP contribution in [0.5, 0.6) is 0 Å². The lowest BCUT2D eigenvalue weighted by Crippen LogP contribution is -2.37. The quantitative estimate of drug-likeness (QED) is 0.734. The average Bonchev–Trinajstić information content (AvgIpc) is 2.65. The molecule has 1 aromatic carbocycles. The van der Waals surface area contributed by atoms with E-state index in [1.54, 1.807) is 18.2 Å². The van der Waals surface area contributed by atoms with E-state index in [0.717, 1.165) is 39.0 Å². The van der Waals surface area contributed by atoms with Gasteiger partial charge in [0.05, 0.1) is 29.2 Å². The molecule has 3 rings (SSSR count). The van der Waals surface area contributed by atoms with Gasteiger partial charge in [0.25, 0.3) is 5.56 Å². The van der Waals surface area contributed by atoms with E-state index < -0.39 is 5.56 Å². The summed E-state index contributed by atoms with van der Waals surface area (Å²) in [6.45, 7) is 3.57. The molecule has 0 bridgehead atoms. The van der Waals surface area contributed by atoms with Gasteiger partial charge in [-0.2, -0.15) is 9.78 Å². The Morgan fingerprint density at radius 2 is 1.96 bits per heavy atom. The normalized spacial score (nSPS) is 15.9. The number of aliphatic hydroxyl groups excluding tert-OH is 1. The summed E-state index contributed by atoms with van der Waals surface area (Å²) in [5.74, 6) is 0.490. The second kappa shape index (κ2) is 9.26. The second-order valence-corrected chi connectivity index (χ2v) is 7.80. The molecule has 2 heterocycles. The summed E-state index contributed by atoms with van der Waals surface area (Å²) >= 11 is 18.3. The topological polar surface area (TPSA) is 70.4 Å². The van der Waals surface area contributed by atoms with Gasteiger partial charge in [-0.05, 0) is 50.0 Å². The molecule has 9 heteroatoms. The van der Waals surface area contributed by atoms with Gasteiger partial charge in [0.2, 0.25) is 0 Å². The SMILES string of the molecule is O=c1c(Cl)c(NCC2CCN(CCO)CC2)cnn1-c1ccc(Cl)cc1Cl. The minimum Gasteiger partial charge on any atom is -0.395 e. The molecule has 0 aliphatic carbocycles. The van der Waals surface area contributed by atoms with Gasteiger partial charge in [-0.15, -0.1) is 0 Å². The van der Waals surface area contributed by atoms with Crippen LogP contribution in [0.4, 0.5) is 5.69 Å². The van der Waals surface area contributed by atoms with Gasteiger partial charge in [0.1, 0.15) is 5.02 Å². The maximum atomic E-state index is 12.6. The van der Waals surface area contributed by atoms with E-state index in [0.29, 0.717) is 27.3 Å². The van der Waals surface area contributed by atoms with Crippen molar-refractivity contribution in [2.24, 2.45) is 5.92 Å². The first-order valence-corrected chi connectivity index (χ1v) is 9.93. The molecule has 1 aliphatic rings. The van der Waals surface area contributed by atoms with Crippen LogP contribution >= 0.6 is 34.8 Å². The number of aromatic nitrogens is 2. The predicted octanol–water partition coefficient (Wildman–Crippen LogP) is 3.31. The van der Waals surface area contributed by atoms with Crippen molar-refractivity contribution in [1.29, 1.82) is 0 Å². The van der Waals surface area contributed by atoms with Crippen LogP contribution in [0.15, 0.2) is 29.2 Å². The Morgan fingerprint density at radius 1 is 1.22 bits per heavy atom. The lowest BCUT2D eigenvalue weighted by atomic mass is 9.97. The summed E-state index contributed by atoms with van der Waals surface area (Å²) in [5.41, 5.74) is 0.500. The molecule has 27 heavy (non-hydrogen) atoms. The van der Waals surface area contributed by atoms with Crippen LogP contribution in [0, 0.1) is 5.92 Å². The highest BCUT2D eigenvalue weighted by atomic mass is 35.5. The van der Waals surface area contributed by atoms with E-state index >= 15 is 0 Å². The third-order valence-corrected chi connectivity index (χ3v) is 5.66. The number of hydrogen-bond acceptors (Lipinski definition) is 5. The van der Waals surface area contributed by atoms with Gasteiger partial charge in [-0.1, -0.05) is 34.8 Å². The number of benzene rings is 1. The van der Waals surface area contributed by atoms with Crippen LogP contribution in [0.1, 0.15) is 12.8 Å². The van der Waals surface area contributed by atoms with Crippen molar-refractivity contribution in [2.75, 3.05) is 38.1 Å². The maximum Gasteiger partial charge on any atom is 0.292 e.